The highest BCUT2D eigenvalue weighted by Gasteiger charge is 2.25. The highest BCUT2D eigenvalue weighted by molar-refractivity contribution is 6.30. The van der Waals surface area contributed by atoms with E-state index in [1.54, 1.807) is 19.4 Å². The zero-order valence-electron chi connectivity index (χ0n) is 14.1. The molecule has 0 aliphatic carbocycles. The third-order valence-electron chi connectivity index (χ3n) is 3.87. The number of benzene rings is 1. The molecule has 1 atom stereocenters. The van der Waals surface area contributed by atoms with Gasteiger partial charge < -0.3 is 14.8 Å². The van der Waals surface area contributed by atoms with Crippen molar-refractivity contribution in [3.8, 4) is 11.8 Å². The van der Waals surface area contributed by atoms with Crippen molar-refractivity contribution in [2.45, 2.75) is 12.6 Å². The van der Waals surface area contributed by atoms with Crippen molar-refractivity contribution in [3.63, 3.8) is 0 Å². The lowest BCUT2D eigenvalue weighted by Crippen LogP contribution is -2.48. The van der Waals surface area contributed by atoms with Crippen LogP contribution in [-0.2, 0) is 16.1 Å². The van der Waals surface area contributed by atoms with E-state index in [2.05, 4.69) is 20.2 Å². The number of nitrogens with one attached hydrogen (secondary N) is 1. The number of hydrogen-bond donors (Lipinski definition) is 1. The molecule has 0 unspecified atom stereocenters. The van der Waals surface area contributed by atoms with Crippen LogP contribution in [0.2, 0.25) is 5.02 Å². The topological polar surface area (TPSA) is 76.6 Å². The second-order valence-corrected chi connectivity index (χ2v) is 6.20. The van der Waals surface area contributed by atoms with E-state index in [0.717, 1.165) is 11.6 Å². The Morgan fingerprint density at radius 1 is 1.46 bits per heavy atom. The molecule has 26 heavy (non-hydrogen) atoms. The molecule has 1 aromatic heterocycles. The first kappa shape index (κ1) is 18.5. The maximum absolute atomic E-state index is 13.7. The fourth-order valence-corrected chi connectivity index (χ4v) is 2.72. The van der Waals surface area contributed by atoms with Crippen molar-refractivity contribution < 1.29 is 18.7 Å². The third kappa shape index (κ3) is 4.66. The van der Waals surface area contributed by atoms with Gasteiger partial charge in [0.25, 0.3) is 0 Å². The van der Waals surface area contributed by atoms with Gasteiger partial charge >= 0.3 is 6.01 Å². The average Bonchev–Trinajstić information content (AvgIpc) is 2.65. The van der Waals surface area contributed by atoms with E-state index < -0.39 is 11.9 Å². The van der Waals surface area contributed by atoms with Gasteiger partial charge in [0.15, 0.2) is 11.6 Å². The standard InChI is InChI=1S/C17H18ClFN4O3/c1-20-16(24)15-10-23(4-5-25-15)9-11-7-21-17(22-8-11)26-14-3-2-12(18)6-13(14)19/h2-3,6-8,15H,4-5,9-10H2,1H3,(H,20,24)/t15-/m0/s1. The van der Waals surface area contributed by atoms with Crippen LogP contribution in [0, 0.1) is 5.82 Å². The Balaban J connectivity index is 1.60. The van der Waals surface area contributed by atoms with E-state index in [-0.39, 0.29) is 22.7 Å². The minimum absolute atomic E-state index is 0.00347. The van der Waals surface area contributed by atoms with Crippen LogP contribution in [0.5, 0.6) is 11.8 Å². The van der Waals surface area contributed by atoms with Gasteiger partial charge in [0.05, 0.1) is 6.61 Å². The number of aromatic nitrogens is 2. The summed E-state index contributed by atoms with van der Waals surface area (Å²) in [6.07, 6.45) is 2.74. The number of amides is 1. The van der Waals surface area contributed by atoms with Gasteiger partial charge in [-0.1, -0.05) is 11.6 Å². The Morgan fingerprint density at radius 2 is 2.23 bits per heavy atom. The molecule has 1 aliphatic rings. The van der Waals surface area contributed by atoms with Crippen LogP contribution in [0.4, 0.5) is 4.39 Å². The van der Waals surface area contributed by atoms with E-state index in [1.807, 2.05) is 0 Å². The molecule has 0 saturated carbocycles. The van der Waals surface area contributed by atoms with Crippen molar-refractivity contribution in [3.05, 3.63) is 47.0 Å². The minimum Gasteiger partial charge on any atom is -0.421 e. The summed E-state index contributed by atoms with van der Waals surface area (Å²) < 4.78 is 24.5. The molecule has 1 amide bonds. The van der Waals surface area contributed by atoms with E-state index >= 15 is 0 Å². The zero-order chi connectivity index (χ0) is 18.5. The molecular formula is C17H18ClFN4O3. The molecule has 3 rings (SSSR count). The Kier molecular flexibility index (Phi) is 5.97. The monoisotopic (exact) mass is 380 g/mol. The van der Waals surface area contributed by atoms with Crippen molar-refractivity contribution in [1.82, 2.24) is 20.2 Å². The van der Waals surface area contributed by atoms with Gasteiger partial charge in [-0.2, -0.15) is 0 Å². The van der Waals surface area contributed by atoms with E-state index in [4.69, 9.17) is 21.1 Å². The molecule has 0 bridgehead atoms. The van der Waals surface area contributed by atoms with Gasteiger partial charge in [-0.05, 0) is 18.2 Å². The Bertz CT molecular complexity index is 775. The molecule has 138 valence electrons. The van der Waals surface area contributed by atoms with Crippen LogP contribution in [0.15, 0.2) is 30.6 Å². The zero-order valence-corrected chi connectivity index (χ0v) is 14.9. The minimum atomic E-state index is -0.585. The second-order valence-electron chi connectivity index (χ2n) is 5.76. The fourth-order valence-electron chi connectivity index (χ4n) is 2.56. The third-order valence-corrected chi connectivity index (χ3v) is 4.11. The van der Waals surface area contributed by atoms with Crippen LogP contribution >= 0.6 is 11.6 Å². The maximum Gasteiger partial charge on any atom is 0.321 e. The van der Waals surface area contributed by atoms with Crippen LogP contribution < -0.4 is 10.1 Å². The smallest absolute Gasteiger partial charge is 0.321 e. The molecule has 1 saturated heterocycles. The Morgan fingerprint density at radius 3 is 2.92 bits per heavy atom. The summed E-state index contributed by atoms with van der Waals surface area (Å²) >= 11 is 5.71. The summed E-state index contributed by atoms with van der Waals surface area (Å²) in [5, 5.41) is 2.87. The van der Waals surface area contributed by atoms with E-state index in [0.29, 0.717) is 26.2 Å². The fraction of sp³-hybridized carbons (Fsp3) is 0.353. The maximum atomic E-state index is 13.7. The van der Waals surface area contributed by atoms with Gasteiger partial charge in [0.1, 0.15) is 6.10 Å². The number of morpholine rings is 1. The lowest BCUT2D eigenvalue weighted by molar-refractivity contribution is -0.138. The highest BCUT2D eigenvalue weighted by atomic mass is 35.5. The normalized spacial score (nSPS) is 17.7. The Hall–Kier alpha value is -2.29. The number of carbonyl (C=O) groups is 1. The lowest BCUT2D eigenvalue weighted by atomic mass is 10.2. The SMILES string of the molecule is CNC(=O)[C@@H]1CN(Cc2cnc(Oc3ccc(Cl)cc3F)nc2)CCO1. The van der Waals surface area contributed by atoms with Gasteiger partial charge in [-0.25, -0.2) is 14.4 Å². The van der Waals surface area contributed by atoms with Gasteiger partial charge in [-0.15, -0.1) is 0 Å². The van der Waals surface area contributed by atoms with Crippen molar-refractivity contribution >= 4 is 17.5 Å². The summed E-state index contributed by atoms with van der Waals surface area (Å²) in [5.74, 6) is -0.720. The number of likely N-dealkylation sites (N-methyl/N-ethyl adjacent to an activating group) is 1. The molecule has 2 aromatic rings. The number of halogens is 2. The van der Waals surface area contributed by atoms with Crippen molar-refractivity contribution in [2.24, 2.45) is 0 Å². The molecule has 9 heteroatoms. The molecule has 1 aromatic carbocycles. The quantitative estimate of drug-likeness (QED) is 0.855. The number of hydrogen-bond acceptors (Lipinski definition) is 6. The first-order valence-electron chi connectivity index (χ1n) is 8.04. The Labute approximate surface area is 155 Å². The molecule has 0 spiro atoms. The number of nitrogens with zero attached hydrogens (tertiary/aromatic N) is 3. The van der Waals surface area contributed by atoms with Gasteiger partial charge in [0.2, 0.25) is 5.91 Å². The average molecular weight is 381 g/mol. The number of ether oxygens (including phenoxy) is 2. The lowest BCUT2D eigenvalue weighted by Gasteiger charge is -2.31. The van der Waals surface area contributed by atoms with E-state index in [1.165, 1.54) is 12.1 Å². The molecule has 7 nitrogen and oxygen atoms in total. The number of carbonyl (C=O) groups excluding carboxylic acids is 1. The predicted molar refractivity (Wildman–Crippen MR) is 92.6 cm³/mol. The molecular weight excluding hydrogens is 363 g/mol. The largest absolute Gasteiger partial charge is 0.421 e. The van der Waals surface area contributed by atoms with Crippen molar-refractivity contribution in [2.75, 3.05) is 26.7 Å². The summed E-state index contributed by atoms with van der Waals surface area (Å²) in [4.78, 5) is 22.0. The van der Waals surface area contributed by atoms with Crippen LogP contribution in [0.3, 0.4) is 0 Å². The summed E-state index contributed by atoms with van der Waals surface area (Å²) in [7, 11) is 1.58. The first-order valence-corrected chi connectivity index (χ1v) is 8.42. The summed E-state index contributed by atoms with van der Waals surface area (Å²) in [6, 6.07) is 4.14. The summed E-state index contributed by atoms with van der Waals surface area (Å²) in [6.45, 7) is 2.26. The molecule has 1 aliphatic heterocycles. The van der Waals surface area contributed by atoms with E-state index in [9.17, 15) is 9.18 Å². The van der Waals surface area contributed by atoms with Gasteiger partial charge in [-0.3, -0.25) is 9.69 Å². The summed E-state index contributed by atoms with van der Waals surface area (Å²) in [5.41, 5.74) is 0.853. The van der Waals surface area contributed by atoms with Crippen molar-refractivity contribution in [1.29, 1.82) is 0 Å². The first-order chi connectivity index (χ1) is 12.5. The highest BCUT2D eigenvalue weighted by Crippen LogP contribution is 2.24. The molecule has 1 fully saturated rings. The van der Waals surface area contributed by atoms with Gasteiger partial charge in [0, 0.05) is 49.7 Å². The second kappa shape index (κ2) is 8.39. The molecule has 1 N–H and O–H groups in total. The molecule has 2 heterocycles. The molecule has 0 radical (unpaired) electrons. The van der Waals surface area contributed by atoms with Crippen LogP contribution in [0.1, 0.15) is 5.56 Å². The van der Waals surface area contributed by atoms with Crippen LogP contribution in [-0.4, -0.2) is 53.6 Å². The van der Waals surface area contributed by atoms with Crippen LogP contribution in [0.25, 0.3) is 0 Å². The number of rotatable bonds is 5. The predicted octanol–water partition coefficient (Wildman–Crippen LogP) is 2.01.